The van der Waals surface area contributed by atoms with E-state index in [9.17, 15) is 0 Å². The normalized spacial score (nSPS) is 10.9. The van der Waals surface area contributed by atoms with E-state index >= 15 is 0 Å². The fourth-order valence-corrected chi connectivity index (χ4v) is 2.17. The van der Waals surface area contributed by atoms with Crippen molar-refractivity contribution in [2.24, 2.45) is 0 Å². The Bertz CT molecular complexity index is 616. The number of benzene rings is 3. The highest BCUT2D eigenvalue weighted by molar-refractivity contribution is 6.04. The van der Waals surface area contributed by atoms with Crippen LogP contribution in [0.3, 0.4) is 0 Å². The molecule has 0 bridgehead atoms. The molecular weight excluding hydrogens is 208 g/mol. The predicted octanol–water partition coefficient (Wildman–Crippen LogP) is 4.19. The van der Waals surface area contributed by atoms with Crippen molar-refractivity contribution < 1.29 is 4.74 Å². The third-order valence-corrected chi connectivity index (χ3v) is 2.90. The fourth-order valence-electron chi connectivity index (χ4n) is 2.17. The lowest BCUT2D eigenvalue weighted by Crippen LogP contribution is -1.93. The largest absolute Gasteiger partial charge is 0.493 e. The first-order chi connectivity index (χ1) is 8.40. The summed E-state index contributed by atoms with van der Waals surface area (Å²) in [4.78, 5) is 0. The van der Waals surface area contributed by atoms with Crippen LogP contribution in [0.4, 0.5) is 0 Å². The highest BCUT2D eigenvalue weighted by Crippen LogP contribution is 2.34. The molecule has 0 saturated heterocycles. The fraction of sp³-hybridized carbons (Fsp3) is 0.125. The summed E-state index contributed by atoms with van der Waals surface area (Å²) >= 11 is 0. The van der Waals surface area contributed by atoms with E-state index in [1.807, 2.05) is 31.2 Å². The van der Waals surface area contributed by atoms with Gasteiger partial charge in [0.2, 0.25) is 0 Å². The van der Waals surface area contributed by atoms with Crippen LogP contribution in [0.25, 0.3) is 21.5 Å². The molecule has 0 aromatic heterocycles. The quantitative estimate of drug-likeness (QED) is 0.589. The lowest BCUT2D eigenvalue weighted by atomic mass is 10.0. The van der Waals surface area contributed by atoms with Crippen molar-refractivity contribution in [2.45, 2.75) is 6.92 Å². The molecule has 3 rings (SSSR count). The third-order valence-electron chi connectivity index (χ3n) is 2.90. The molecule has 0 aliphatic heterocycles. The van der Waals surface area contributed by atoms with Gasteiger partial charge < -0.3 is 4.74 Å². The van der Waals surface area contributed by atoms with Crippen molar-refractivity contribution in [3.8, 4) is 5.75 Å². The van der Waals surface area contributed by atoms with Crippen molar-refractivity contribution >= 4 is 21.5 Å². The maximum atomic E-state index is 5.81. The Labute approximate surface area is 101 Å². The lowest BCUT2D eigenvalue weighted by Gasteiger charge is -2.11. The van der Waals surface area contributed by atoms with Crippen LogP contribution >= 0.6 is 0 Å². The van der Waals surface area contributed by atoms with Crippen molar-refractivity contribution in [1.82, 2.24) is 0 Å². The highest BCUT2D eigenvalue weighted by atomic mass is 16.5. The number of rotatable bonds is 2. The second kappa shape index (κ2) is 4.10. The molecular formula is C16H13O. The summed E-state index contributed by atoms with van der Waals surface area (Å²) in [6, 6.07) is 19.9. The van der Waals surface area contributed by atoms with E-state index in [1.165, 1.54) is 0 Å². The Morgan fingerprint density at radius 1 is 0.882 bits per heavy atom. The number of fused-ring (bicyclic) bond motifs is 2. The second-order valence-electron chi connectivity index (χ2n) is 3.98. The van der Waals surface area contributed by atoms with Gasteiger partial charge >= 0.3 is 0 Å². The molecule has 0 saturated carbocycles. The molecule has 1 radical (unpaired) electrons. The van der Waals surface area contributed by atoms with Crippen LogP contribution < -0.4 is 4.74 Å². The average molecular weight is 221 g/mol. The van der Waals surface area contributed by atoms with Gasteiger partial charge in [-0.3, -0.25) is 0 Å². The van der Waals surface area contributed by atoms with Crippen molar-refractivity contribution in [1.29, 1.82) is 0 Å². The molecule has 0 unspecified atom stereocenters. The second-order valence-corrected chi connectivity index (χ2v) is 3.98. The van der Waals surface area contributed by atoms with Gasteiger partial charge in [0.1, 0.15) is 5.75 Å². The summed E-state index contributed by atoms with van der Waals surface area (Å²) in [7, 11) is 0. The number of hydrogen-bond donors (Lipinski definition) is 0. The third kappa shape index (κ3) is 1.64. The highest BCUT2D eigenvalue weighted by Gasteiger charge is 2.07. The van der Waals surface area contributed by atoms with Crippen LogP contribution in [0, 0.1) is 6.07 Å². The molecule has 1 heteroatoms. The van der Waals surface area contributed by atoms with E-state index in [0.717, 1.165) is 27.3 Å². The molecule has 0 heterocycles. The monoisotopic (exact) mass is 221 g/mol. The topological polar surface area (TPSA) is 9.23 Å². The van der Waals surface area contributed by atoms with Gasteiger partial charge in [0.25, 0.3) is 0 Å². The van der Waals surface area contributed by atoms with Gasteiger partial charge in [-0.1, -0.05) is 48.5 Å². The van der Waals surface area contributed by atoms with Crippen molar-refractivity contribution in [3.05, 3.63) is 54.6 Å². The minimum atomic E-state index is 0.679. The molecule has 0 fully saturated rings. The molecule has 0 aliphatic rings. The van der Waals surface area contributed by atoms with Gasteiger partial charge in [-0.2, -0.15) is 0 Å². The van der Waals surface area contributed by atoms with Crippen LogP contribution in [-0.2, 0) is 0 Å². The molecule has 17 heavy (non-hydrogen) atoms. The smallest absolute Gasteiger partial charge is 0.134 e. The molecule has 0 spiro atoms. The van der Waals surface area contributed by atoms with Gasteiger partial charge in [-0.25, -0.2) is 0 Å². The minimum absolute atomic E-state index is 0.679. The zero-order valence-electron chi connectivity index (χ0n) is 9.73. The maximum absolute atomic E-state index is 5.81. The average Bonchev–Trinajstić information content (AvgIpc) is 2.39. The molecule has 3 aromatic rings. The molecule has 3 aromatic carbocycles. The van der Waals surface area contributed by atoms with Gasteiger partial charge in [0, 0.05) is 10.8 Å². The Hall–Kier alpha value is -2.02. The molecule has 0 amide bonds. The maximum Gasteiger partial charge on any atom is 0.134 e. The van der Waals surface area contributed by atoms with Gasteiger partial charge in [0.15, 0.2) is 0 Å². The van der Waals surface area contributed by atoms with Gasteiger partial charge in [0.05, 0.1) is 6.61 Å². The Morgan fingerprint density at radius 2 is 1.41 bits per heavy atom. The lowest BCUT2D eigenvalue weighted by molar-refractivity contribution is 0.348. The molecule has 83 valence electrons. The summed E-state index contributed by atoms with van der Waals surface area (Å²) in [5.41, 5.74) is 0. The summed E-state index contributed by atoms with van der Waals surface area (Å²) in [5.74, 6) is 0.970. The van der Waals surface area contributed by atoms with E-state index < -0.39 is 0 Å². The summed E-state index contributed by atoms with van der Waals surface area (Å²) in [6.07, 6.45) is 0. The van der Waals surface area contributed by atoms with Gasteiger partial charge in [-0.05, 0) is 23.8 Å². The minimum Gasteiger partial charge on any atom is -0.493 e. The zero-order chi connectivity index (χ0) is 11.7. The number of hydrogen-bond acceptors (Lipinski definition) is 1. The predicted molar refractivity (Wildman–Crippen MR) is 71.5 cm³/mol. The Kier molecular flexibility index (Phi) is 2.45. The standard InChI is InChI=1S/C16H13O/c1-2-17-16-14-9-5-3-7-12(14)11-13-8-4-6-10-15(13)16/h3-10H,2H2,1H3. The molecule has 0 atom stereocenters. The Balaban J connectivity index is 2.47. The van der Waals surface area contributed by atoms with Gasteiger partial charge in [-0.15, -0.1) is 0 Å². The van der Waals surface area contributed by atoms with E-state index in [1.54, 1.807) is 0 Å². The molecule has 1 nitrogen and oxygen atoms in total. The first-order valence-electron chi connectivity index (χ1n) is 5.85. The van der Waals surface area contributed by atoms with Crippen LogP contribution in [0.5, 0.6) is 5.75 Å². The van der Waals surface area contributed by atoms with E-state index in [2.05, 4.69) is 30.3 Å². The number of ether oxygens (including phenoxy) is 1. The zero-order valence-corrected chi connectivity index (χ0v) is 9.73. The van der Waals surface area contributed by atoms with E-state index in [4.69, 9.17) is 4.74 Å². The van der Waals surface area contributed by atoms with Crippen LogP contribution in [0.1, 0.15) is 6.92 Å². The summed E-state index contributed by atoms with van der Waals surface area (Å²) in [6.45, 7) is 2.69. The first-order valence-corrected chi connectivity index (χ1v) is 5.85. The first kappa shape index (κ1) is 10.2. The van der Waals surface area contributed by atoms with Crippen molar-refractivity contribution in [2.75, 3.05) is 6.61 Å². The molecule has 0 aliphatic carbocycles. The van der Waals surface area contributed by atoms with Crippen molar-refractivity contribution in [3.63, 3.8) is 0 Å². The summed E-state index contributed by atoms with van der Waals surface area (Å²) < 4.78 is 5.81. The Morgan fingerprint density at radius 3 is 1.94 bits per heavy atom. The van der Waals surface area contributed by atoms with Crippen LogP contribution in [0.15, 0.2) is 48.5 Å². The summed E-state index contributed by atoms with van der Waals surface area (Å²) in [5, 5.41) is 4.48. The SMILES string of the molecule is CCOc1c2ccccc2[c]c2ccccc12. The van der Waals surface area contributed by atoms with E-state index in [-0.39, 0.29) is 0 Å². The van der Waals surface area contributed by atoms with Crippen LogP contribution in [0.2, 0.25) is 0 Å². The molecule has 0 N–H and O–H groups in total. The van der Waals surface area contributed by atoms with Crippen LogP contribution in [-0.4, -0.2) is 6.61 Å². The van der Waals surface area contributed by atoms with E-state index in [0.29, 0.717) is 6.61 Å².